The topological polar surface area (TPSA) is 57.5 Å². The molecule has 0 aromatic carbocycles. The lowest BCUT2D eigenvalue weighted by atomic mass is 10.8. The lowest BCUT2D eigenvalue weighted by Gasteiger charge is -1.94. The number of rotatable bonds is 2. The molecule has 3 nitrogen and oxygen atoms in total. The van der Waals surface area contributed by atoms with Gasteiger partial charge in [0, 0.05) is 0 Å². The van der Waals surface area contributed by atoms with Crippen molar-refractivity contribution in [2.45, 2.75) is 0 Å². The molecular formula is C3H9Cl2O3P. The Labute approximate surface area is 66.1 Å². The van der Waals surface area contributed by atoms with Crippen LogP contribution >= 0.6 is 32.4 Å². The van der Waals surface area contributed by atoms with Gasteiger partial charge in [0.15, 0.2) is 0 Å². The van der Waals surface area contributed by atoms with Gasteiger partial charge in [-0.2, -0.15) is 0 Å². The molecule has 0 unspecified atom stereocenters. The van der Waals surface area contributed by atoms with Crippen molar-refractivity contribution in [3.05, 3.63) is 12.7 Å². The van der Waals surface area contributed by atoms with Crippen molar-refractivity contribution in [2.75, 3.05) is 6.16 Å². The molecule has 0 saturated heterocycles. The van der Waals surface area contributed by atoms with E-state index in [9.17, 15) is 4.57 Å². The van der Waals surface area contributed by atoms with E-state index < -0.39 is 7.60 Å². The minimum Gasteiger partial charge on any atom is -0.324 e. The highest BCUT2D eigenvalue weighted by Crippen LogP contribution is 2.33. The van der Waals surface area contributed by atoms with E-state index in [1.54, 1.807) is 0 Å². The summed E-state index contributed by atoms with van der Waals surface area (Å²) in [4.78, 5) is 16.1. The predicted molar refractivity (Wildman–Crippen MR) is 41.6 cm³/mol. The third kappa shape index (κ3) is 17.7. The summed E-state index contributed by atoms with van der Waals surface area (Å²) in [5, 5.41) is 0. The number of halogens is 2. The Balaban J connectivity index is -0.000000180. The molecule has 58 valence electrons. The molecule has 0 fully saturated rings. The van der Waals surface area contributed by atoms with Crippen LogP contribution in [0.3, 0.4) is 0 Å². The second kappa shape index (κ2) is 6.59. The van der Waals surface area contributed by atoms with Crippen molar-refractivity contribution < 1.29 is 14.4 Å². The average molecular weight is 195 g/mol. The van der Waals surface area contributed by atoms with Gasteiger partial charge >= 0.3 is 7.60 Å². The summed E-state index contributed by atoms with van der Waals surface area (Å²) in [5.41, 5.74) is 0. The second-order valence-electron chi connectivity index (χ2n) is 1.14. The summed E-state index contributed by atoms with van der Waals surface area (Å²) in [5.74, 6) is 0. The Bertz CT molecular complexity index is 110. The standard InChI is InChI=1S/C3H7O3P.2ClH/c1-2-3-7(4,5)6;;/h2H,1,3H2,(H2,4,5,6);2*1H. The van der Waals surface area contributed by atoms with Crippen LogP contribution in [0.5, 0.6) is 0 Å². The molecule has 0 heterocycles. The van der Waals surface area contributed by atoms with E-state index >= 15 is 0 Å². The van der Waals surface area contributed by atoms with Crippen LogP contribution in [0.2, 0.25) is 0 Å². The van der Waals surface area contributed by atoms with Gasteiger partial charge in [-0.1, -0.05) is 6.08 Å². The van der Waals surface area contributed by atoms with Gasteiger partial charge in [-0.05, 0) is 0 Å². The molecule has 0 saturated carbocycles. The number of allylic oxidation sites excluding steroid dienone is 1. The summed E-state index contributed by atoms with van der Waals surface area (Å²) in [6.07, 6.45) is 0.966. The summed E-state index contributed by atoms with van der Waals surface area (Å²) < 4.78 is 9.85. The van der Waals surface area contributed by atoms with Gasteiger partial charge in [-0.25, -0.2) is 0 Å². The van der Waals surface area contributed by atoms with Gasteiger partial charge in [0.25, 0.3) is 0 Å². The molecule has 0 aliphatic heterocycles. The normalized spacial score (nSPS) is 8.67. The van der Waals surface area contributed by atoms with Crippen LogP contribution in [-0.2, 0) is 4.57 Å². The molecule has 0 bridgehead atoms. The predicted octanol–water partition coefficient (Wildman–Crippen LogP) is 1.19. The molecule has 0 atom stereocenters. The Morgan fingerprint density at radius 3 is 1.78 bits per heavy atom. The smallest absolute Gasteiger partial charge is 0.324 e. The lowest BCUT2D eigenvalue weighted by Crippen LogP contribution is -1.78. The van der Waals surface area contributed by atoms with E-state index in [1.165, 1.54) is 6.08 Å². The van der Waals surface area contributed by atoms with E-state index in [4.69, 9.17) is 9.79 Å². The molecule has 0 aliphatic rings. The third-order valence-electron chi connectivity index (χ3n) is 0.367. The van der Waals surface area contributed by atoms with E-state index in [0.717, 1.165) is 0 Å². The minimum absolute atomic E-state index is 0. The third-order valence-corrected chi connectivity index (χ3v) is 1.10. The van der Waals surface area contributed by atoms with Crippen LogP contribution in [0.4, 0.5) is 0 Å². The Morgan fingerprint density at radius 2 is 1.78 bits per heavy atom. The van der Waals surface area contributed by atoms with Crippen LogP contribution in [0.15, 0.2) is 12.7 Å². The quantitative estimate of drug-likeness (QED) is 0.513. The van der Waals surface area contributed by atoms with Gasteiger partial charge in [-0.3, -0.25) is 4.57 Å². The highest BCUT2D eigenvalue weighted by atomic mass is 35.5. The fraction of sp³-hybridized carbons (Fsp3) is 0.333. The molecular weight excluding hydrogens is 186 g/mol. The largest absolute Gasteiger partial charge is 0.329 e. The monoisotopic (exact) mass is 194 g/mol. The first-order valence-electron chi connectivity index (χ1n) is 1.72. The lowest BCUT2D eigenvalue weighted by molar-refractivity contribution is 0.377. The molecule has 2 N–H and O–H groups in total. The van der Waals surface area contributed by atoms with Crippen LogP contribution < -0.4 is 0 Å². The maximum atomic E-state index is 9.85. The van der Waals surface area contributed by atoms with Crippen LogP contribution in [0.25, 0.3) is 0 Å². The zero-order valence-corrected chi connectivity index (χ0v) is 7.09. The van der Waals surface area contributed by atoms with Crippen molar-refractivity contribution in [3.8, 4) is 0 Å². The first kappa shape index (κ1) is 16.2. The van der Waals surface area contributed by atoms with Crippen molar-refractivity contribution in [1.29, 1.82) is 0 Å². The Morgan fingerprint density at radius 1 is 1.44 bits per heavy atom. The fourth-order valence-electron chi connectivity index (χ4n) is 0.168. The maximum absolute atomic E-state index is 9.85. The van der Waals surface area contributed by atoms with Crippen molar-refractivity contribution >= 4 is 32.4 Å². The van der Waals surface area contributed by atoms with Gasteiger partial charge in [0.05, 0.1) is 6.16 Å². The number of hydrogen-bond donors (Lipinski definition) is 2. The second-order valence-corrected chi connectivity index (χ2v) is 2.83. The fourth-order valence-corrected chi connectivity index (χ4v) is 0.505. The Hall–Kier alpha value is 0.470. The molecule has 6 heteroatoms. The van der Waals surface area contributed by atoms with Crippen molar-refractivity contribution in [2.24, 2.45) is 0 Å². The summed E-state index contributed by atoms with van der Waals surface area (Å²) in [7, 11) is -3.78. The first-order valence-corrected chi connectivity index (χ1v) is 3.51. The molecule has 0 aromatic heterocycles. The van der Waals surface area contributed by atoms with E-state index in [-0.39, 0.29) is 31.0 Å². The summed E-state index contributed by atoms with van der Waals surface area (Å²) >= 11 is 0. The van der Waals surface area contributed by atoms with E-state index in [0.29, 0.717) is 0 Å². The van der Waals surface area contributed by atoms with Crippen molar-refractivity contribution in [1.82, 2.24) is 0 Å². The zero-order chi connectivity index (χ0) is 5.91. The first-order chi connectivity index (χ1) is 3.06. The van der Waals surface area contributed by atoms with Crippen molar-refractivity contribution in [3.63, 3.8) is 0 Å². The van der Waals surface area contributed by atoms with E-state index in [2.05, 4.69) is 6.58 Å². The van der Waals surface area contributed by atoms with Crippen LogP contribution in [-0.4, -0.2) is 15.9 Å². The molecule has 0 aliphatic carbocycles. The highest BCUT2D eigenvalue weighted by Gasteiger charge is 2.06. The van der Waals surface area contributed by atoms with Gasteiger partial charge < -0.3 is 9.79 Å². The van der Waals surface area contributed by atoms with E-state index in [1.807, 2.05) is 0 Å². The number of hydrogen-bond acceptors (Lipinski definition) is 1. The van der Waals surface area contributed by atoms with Crippen LogP contribution in [0.1, 0.15) is 0 Å². The van der Waals surface area contributed by atoms with Crippen LogP contribution in [0, 0.1) is 0 Å². The average Bonchev–Trinajstić information content (AvgIpc) is 1.30. The summed E-state index contributed by atoms with van der Waals surface area (Å²) in [6.45, 7) is 3.15. The molecule has 0 radical (unpaired) electrons. The maximum Gasteiger partial charge on any atom is 0.329 e. The highest BCUT2D eigenvalue weighted by molar-refractivity contribution is 7.51. The molecule has 0 rings (SSSR count). The zero-order valence-electron chi connectivity index (χ0n) is 4.56. The molecule has 0 spiro atoms. The molecule has 0 aromatic rings. The summed E-state index contributed by atoms with van der Waals surface area (Å²) in [6, 6.07) is 0. The SMILES string of the molecule is C=CCP(=O)(O)O.Cl.Cl. The van der Waals surface area contributed by atoms with Gasteiger partial charge in [0.1, 0.15) is 0 Å². The molecule has 9 heavy (non-hydrogen) atoms. The Kier molecular flexibility index (Phi) is 11.9. The molecule has 0 amide bonds. The minimum atomic E-state index is -3.78. The van der Waals surface area contributed by atoms with Gasteiger partial charge in [-0.15, -0.1) is 31.4 Å². The van der Waals surface area contributed by atoms with Gasteiger partial charge in [0.2, 0.25) is 0 Å².